The van der Waals surface area contributed by atoms with E-state index in [0.717, 1.165) is 15.4 Å². The Morgan fingerprint density at radius 3 is 2.94 bits per heavy atom. The number of carbonyl (C=O) groups is 1. The summed E-state index contributed by atoms with van der Waals surface area (Å²) in [5.41, 5.74) is 8.39. The van der Waals surface area contributed by atoms with Crippen LogP contribution in [0.3, 0.4) is 0 Å². The number of primary amides is 1. The summed E-state index contributed by atoms with van der Waals surface area (Å²) in [4.78, 5) is 10.5. The summed E-state index contributed by atoms with van der Waals surface area (Å²) < 4.78 is 6.55. The predicted molar refractivity (Wildman–Crippen MR) is 68.8 cm³/mol. The minimum atomic E-state index is -0.705. The molecule has 3 N–H and O–H groups in total. The van der Waals surface area contributed by atoms with Gasteiger partial charge in [0.2, 0.25) is 0 Å². The highest BCUT2D eigenvalue weighted by Crippen LogP contribution is 2.23. The molecule has 6 heteroatoms. The van der Waals surface area contributed by atoms with Gasteiger partial charge in [-0.1, -0.05) is 15.9 Å². The summed E-state index contributed by atoms with van der Waals surface area (Å²) in [5, 5.41) is 4.76. The Balaban J connectivity index is 2.36. The van der Waals surface area contributed by atoms with Gasteiger partial charge in [0, 0.05) is 9.86 Å². The van der Waals surface area contributed by atoms with Gasteiger partial charge in [0.05, 0.1) is 0 Å². The molecule has 1 aromatic carbocycles. The molecule has 0 unspecified atom stereocenters. The highest BCUT2D eigenvalue weighted by Gasteiger charge is 2.07. The number of nitrogens with one attached hydrogen (secondary N) is 1. The highest BCUT2D eigenvalue weighted by molar-refractivity contribution is 9.10. The number of nitrogens with two attached hydrogens (primary N) is 1. The van der Waals surface area contributed by atoms with Crippen LogP contribution in [0, 0.1) is 0 Å². The van der Waals surface area contributed by atoms with Crippen molar-refractivity contribution in [2.24, 2.45) is 10.8 Å². The Morgan fingerprint density at radius 2 is 2.24 bits per heavy atom. The highest BCUT2D eigenvalue weighted by atomic mass is 79.9. The number of carbonyl (C=O) groups excluding carboxylic acids is 1. The SMILES string of the molecule is CC(=NNC(N)=O)c1cc2cc(Br)ccc2o1. The molecule has 0 saturated carbocycles. The molecule has 0 fully saturated rings. The third-order valence-electron chi connectivity index (χ3n) is 2.17. The number of fused-ring (bicyclic) bond motifs is 1. The Labute approximate surface area is 106 Å². The number of furan rings is 1. The molecule has 1 aromatic heterocycles. The topological polar surface area (TPSA) is 80.6 Å². The summed E-state index contributed by atoms with van der Waals surface area (Å²) in [7, 11) is 0. The number of halogens is 1. The molecule has 17 heavy (non-hydrogen) atoms. The Kier molecular flexibility index (Phi) is 3.14. The van der Waals surface area contributed by atoms with E-state index in [0.29, 0.717) is 11.5 Å². The smallest absolute Gasteiger partial charge is 0.332 e. The van der Waals surface area contributed by atoms with Gasteiger partial charge in [0.25, 0.3) is 0 Å². The maximum absolute atomic E-state index is 10.5. The van der Waals surface area contributed by atoms with Crippen LogP contribution in [0.25, 0.3) is 11.0 Å². The van der Waals surface area contributed by atoms with Crippen LogP contribution < -0.4 is 11.2 Å². The van der Waals surface area contributed by atoms with Crippen molar-refractivity contribution in [1.29, 1.82) is 0 Å². The van der Waals surface area contributed by atoms with Crippen LogP contribution in [-0.4, -0.2) is 11.7 Å². The molecule has 0 atom stereocenters. The van der Waals surface area contributed by atoms with Gasteiger partial charge in [-0.3, -0.25) is 0 Å². The van der Waals surface area contributed by atoms with Gasteiger partial charge in [0.1, 0.15) is 11.3 Å². The van der Waals surface area contributed by atoms with E-state index in [1.54, 1.807) is 6.92 Å². The molecule has 0 aliphatic rings. The van der Waals surface area contributed by atoms with Crippen LogP contribution >= 0.6 is 15.9 Å². The van der Waals surface area contributed by atoms with E-state index in [1.807, 2.05) is 24.3 Å². The lowest BCUT2D eigenvalue weighted by Gasteiger charge is -1.95. The predicted octanol–water partition coefficient (Wildman–Crippen LogP) is 2.59. The molecular weight excluding hydrogens is 286 g/mol. The van der Waals surface area contributed by atoms with Gasteiger partial charge >= 0.3 is 6.03 Å². The number of hydrazone groups is 1. The molecule has 0 bridgehead atoms. The monoisotopic (exact) mass is 295 g/mol. The van der Waals surface area contributed by atoms with Crippen molar-refractivity contribution in [3.05, 3.63) is 34.5 Å². The zero-order chi connectivity index (χ0) is 12.4. The van der Waals surface area contributed by atoms with E-state index < -0.39 is 6.03 Å². The average molecular weight is 296 g/mol. The van der Waals surface area contributed by atoms with E-state index in [9.17, 15) is 4.79 Å². The van der Waals surface area contributed by atoms with Crippen molar-refractivity contribution in [3.8, 4) is 0 Å². The van der Waals surface area contributed by atoms with Crippen LogP contribution in [-0.2, 0) is 0 Å². The second-order valence-electron chi connectivity index (χ2n) is 3.47. The number of rotatable bonds is 2. The van der Waals surface area contributed by atoms with Gasteiger partial charge in [-0.05, 0) is 31.2 Å². The number of hydrogen-bond donors (Lipinski definition) is 2. The Hall–Kier alpha value is -1.82. The quantitative estimate of drug-likeness (QED) is 0.659. The summed E-state index contributed by atoms with van der Waals surface area (Å²) in [5.74, 6) is 0.590. The molecule has 0 saturated heterocycles. The van der Waals surface area contributed by atoms with Gasteiger partial charge < -0.3 is 10.2 Å². The number of urea groups is 1. The van der Waals surface area contributed by atoms with Crippen LogP contribution in [0.1, 0.15) is 12.7 Å². The van der Waals surface area contributed by atoms with Crippen molar-refractivity contribution in [2.75, 3.05) is 0 Å². The maximum atomic E-state index is 10.5. The van der Waals surface area contributed by atoms with E-state index in [1.165, 1.54) is 0 Å². The van der Waals surface area contributed by atoms with Gasteiger partial charge in [-0.25, -0.2) is 10.2 Å². The van der Waals surface area contributed by atoms with Crippen molar-refractivity contribution >= 4 is 38.6 Å². The Bertz CT molecular complexity index is 604. The number of hydrogen-bond acceptors (Lipinski definition) is 3. The first-order chi connectivity index (χ1) is 8.06. The van der Waals surface area contributed by atoms with Crippen molar-refractivity contribution in [2.45, 2.75) is 6.92 Å². The molecule has 5 nitrogen and oxygen atoms in total. The van der Waals surface area contributed by atoms with E-state index >= 15 is 0 Å². The molecular formula is C11H10BrN3O2. The fourth-order valence-corrected chi connectivity index (χ4v) is 1.77. The number of benzene rings is 1. The molecule has 2 rings (SSSR count). The third-order valence-corrected chi connectivity index (χ3v) is 2.66. The maximum Gasteiger partial charge on any atom is 0.332 e. The molecule has 0 aliphatic carbocycles. The molecule has 1 heterocycles. The van der Waals surface area contributed by atoms with Gasteiger partial charge in [0.15, 0.2) is 5.76 Å². The van der Waals surface area contributed by atoms with E-state index in [-0.39, 0.29) is 0 Å². The van der Waals surface area contributed by atoms with Crippen LogP contribution in [0.5, 0.6) is 0 Å². The summed E-state index contributed by atoms with van der Waals surface area (Å²) >= 11 is 3.38. The first kappa shape index (κ1) is 11.7. The summed E-state index contributed by atoms with van der Waals surface area (Å²) in [6.07, 6.45) is 0. The lowest BCUT2D eigenvalue weighted by Crippen LogP contribution is -2.25. The molecule has 2 aromatic rings. The lowest BCUT2D eigenvalue weighted by atomic mass is 10.2. The zero-order valence-corrected chi connectivity index (χ0v) is 10.6. The molecule has 0 aliphatic heterocycles. The third kappa shape index (κ3) is 2.65. The molecule has 0 spiro atoms. The summed E-state index contributed by atoms with van der Waals surface area (Å²) in [6.45, 7) is 1.72. The number of amides is 2. The first-order valence-electron chi connectivity index (χ1n) is 4.85. The van der Waals surface area contributed by atoms with E-state index in [2.05, 4.69) is 26.5 Å². The van der Waals surface area contributed by atoms with Crippen LogP contribution in [0.2, 0.25) is 0 Å². The normalized spacial score (nSPS) is 11.8. The lowest BCUT2D eigenvalue weighted by molar-refractivity contribution is 0.249. The van der Waals surface area contributed by atoms with Crippen LogP contribution in [0.15, 0.2) is 38.3 Å². The molecule has 2 amide bonds. The van der Waals surface area contributed by atoms with Crippen molar-refractivity contribution < 1.29 is 9.21 Å². The second kappa shape index (κ2) is 4.58. The first-order valence-corrected chi connectivity index (χ1v) is 5.65. The fraction of sp³-hybridized carbons (Fsp3) is 0.0909. The van der Waals surface area contributed by atoms with E-state index in [4.69, 9.17) is 10.2 Å². The number of nitrogens with zero attached hydrogens (tertiary/aromatic N) is 1. The van der Waals surface area contributed by atoms with Gasteiger partial charge in [-0.15, -0.1) is 0 Å². The minimum absolute atomic E-state index is 0.552. The Morgan fingerprint density at radius 1 is 1.47 bits per heavy atom. The summed E-state index contributed by atoms with van der Waals surface area (Å²) in [6, 6.07) is 6.84. The largest absolute Gasteiger partial charge is 0.455 e. The molecule has 0 radical (unpaired) electrons. The van der Waals surface area contributed by atoms with Crippen LogP contribution in [0.4, 0.5) is 4.79 Å². The minimum Gasteiger partial charge on any atom is -0.455 e. The average Bonchev–Trinajstić information content (AvgIpc) is 2.68. The van der Waals surface area contributed by atoms with Crippen molar-refractivity contribution in [1.82, 2.24) is 5.43 Å². The standard InChI is InChI=1S/C11H10BrN3O2/c1-6(14-15-11(13)16)10-5-7-4-8(12)2-3-9(7)17-10/h2-5H,1H3,(H3,13,15,16). The second-order valence-corrected chi connectivity index (χ2v) is 4.38. The van der Waals surface area contributed by atoms with Gasteiger partial charge in [-0.2, -0.15) is 5.10 Å². The molecule has 88 valence electrons. The zero-order valence-electron chi connectivity index (χ0n) is 9.03. The fourth-order valence-electron chi connectivity index (χ4n) is 1.39. The van der Waals surface area contributed by atoms with Crippen molar-refractivity contribution in [3.63, 3.8) is 0 Å².